The minimum atomic E-state index is -0.643. The Bertz CT molecular complexity index is 954. The van der Waals surface area contributed by atoms with Crippen molar-refractivity contribution >= 4 is 35.5 Å². The smallest absolute Gasteiger partial charge is 0.363 e. The molecule has 0 bridgehead atoms. The lowest BCUT2D eigenvalue weighted by Crippen LogP contribution is -2.20. The number of aliphatic imine (C=N–C) groups is 1. The van der Waals surface area contributed by atoms with Crippen molar-refractivity contribution in [3.05, 3.63) is 64.3 Å². The molecule has 138 valence electrons. The molecular weight excluding hydrogens is 372 g/mol. The van der Waals surface area contributed by atoms with E-state index in [-0.39, 0.29) is 34.7 Å². The van der Waals surface area contributed by atoms with E-state index in [2.05, 4.69) is 4.99 Å². The van der Waals surface area contributed by atoms with Gasteiger partial charge in [0.05, 0.1) is 12.1 Å². The van der Waals surface area contributed by atoms with E-state index < -0.39 is 11.9 Å². The van der Waals surface area contributed by atoms with Crippen molar-refractivity contribution in [1.82, 2.24) is 0 Å². The summed E-state index contributed by atoms with van der Waals surface area (Å²) in [5.41, 5.74) is 6.44. The first-order chi connectivity index (χ1) is 13.0. The monoisotopic (exact) mass is 386 g/mol. The molecule has 2 aromatic carbocycles. The molecule has 7 nitrogen and oxygen atoms in total. The highest BCUT2D eigenvalue weighted by atomic mass is 35.5. The van der Waals surface area contributed by atoms with Gasteiger partial charge in [-0.1, -0.05) is 29.8 Å². The predicted molar refractivity (Wildman–Crippen MR) is 99.7 cm³/mol. The van der Waals surface area contributed by atoms with Crippen LogP contribution in [0.15, 0.2) is 53.2 Å². The lowest BCUT2D eigenvalue weighted by molar-refractivity contribution is -0.130. The molecular formula is C19H15ClN2O5. The Kier molecular flexibility index (Phi) is 5.42. The second-order valence-corrected chi connectivity index (χ2v) is 5.90. The SMILES string of the molecule is COc1cc(C=C2N=C(c3ccccc3)OC2=O)cc(Cl)c1OCC(N)=O. The second kappa shape index (κ2) is 7.92. The summed E-state index contributed by atoms with van der Waals surface area (Å²) in [6.45, 7) is -0.340. The largest absolute Gasteiger partial charge is 0.493 e. The molecule has 27 heavy (non-hydrogen) atoms. The van der Waals surface area contributed by atoms with Gasteiger partial charge in [-0.15, -0.1) is 0 Å². The number of halogens is 1. The number of primary amides is 1. The fraction of sp³-hybridized carbons (Fsp3) is 0.105. The summed E-state index contributed by atoms with van der Waals surface area (Å²) < 4.78 is 15.7. The molecule has 0 aromatic heterocycles. The van der Waals surface area contributed by atoms with Crippen LogP contribution in [0.2, 0.25) is 5.02 Å². The molecule has 1 amide bonds. The van der Waals surface area contributed by atoms with Crippen LogP contribution in [0.1, 0.15) is 11.1 Å². The average molecular weight is 387 g/mol. The van der Waals surface area contributed by atoms with Crippen molar-refractivity contribution in [3.8, 4) is 11.5 Å². The summed E-state index contributed by atoms with van der Waals surface area (Å²) >= 11 is 6.20. The number of ether oxygens (including phenoxy) is 3. The number of carbonyl (C=O) groups excluding carboxylic acids is 2. The van der Waals surface area contributed by atoms with Gasteiger partial charge in [-0.2, -0.15) is 0 Å². The summed E-state index contributed by atoms with van der Waals surface area (Å²) in [6, 6.07) is 12.2. The Morgan fingerprint density at radius 3 is 2.70 bits per heavy atom. The minimum absolute atomic E-state index is 0.123. The number of carbonyl (C=O) groups is 2. The normalized spacial score (nSPS) is 14.7. The molecule has 8 heteroatoms. The summed E-state index contributed by atoms with van der Waals surface area (Å²) in [5, 5.41) is 0.195. The number of hydrogen-bond donors (Lipinski definition) is 1. The molecule has 1 heterocycles. The third kappa shape index (κ3) is 4.27. The minimum Gasteiger partial charge on any atom is -0.493 e. The molecule has 0 radical (unpaired) electrons. The summed E-state index contributed by atoms with van der Waals surface area (Å²) in [5.74, 6) is -0.517. The molecule has 0 aliphatic carbocycles. The molecule has 1 aliphatic heterocycles. The molecule has 2 aromatic rings. The van der Waals surface area contributed by atoms with Crippen LogP contribution in [0.3, 0.4) is 0 Å². The van der Waals surface area contributed by atoms with Crippen LogP contribution in [0.5, 0.6) is 11.5 Å². The fourth-order valence-corrected chi connectivity index (χ4v) is 2.65. The van der Waals surface area contributed by atoms with Gasteiger partial charge in [0, 0.05) is 5.56 Å². The lowest BCUT2D eigenvalue weighted by Gasteiger charge is -2.12. The highest BCUT2D eigenvalue weighted by Crippen LogP contribution is 2.37. The zero-order valence-electron chi connectivity index (χ0n) is 14.3. The summed E-state index contributed by atoms with van der Waals surface area (Å²) in [7, 11) is 1.43. The number of hydrogen-bond acceptors (Lipinski definition) is 6. The van der Waals surface area contributed by atoms with Crippen molar-refractivity contribution < 1.29 is 23.8 Å². The number of esters is 1. The van der Waals surface area contributed by atoms with Gasteiger partial charge >= 0.3 is 5.97 Å². The molecule has 0 unspecified atom stereocenters. The van der Waals surface area contributed by atoms with Gasteiger partial charge < -0.3 is 19.9 Å². The zero-order chi connectivity index (χ0) is 19.4. The van der Waals surface area contributed by atoms with E-state index in [0.717, 1.165) is 0 Å². The second-order valence-electron chi connectivity index (χ2n) is 5.49. The Labute approximate surface area is 160 Å². The van der Waals surface area contributed by atoms with E-state index in [9.17, 15) is 9.59 Å². The molecule has 3 rings (SSSR count). The fourth-order valence-electron chi connectivity index (χ4n) is 2.38. The Morgan fingerprint density at radius 2 is 2.04 bits per heavy atom. The van der Waals surface area contributed by atoms with Crippen LogP contribution in [0.4, 0.5) is 0 Å². The molecule has 1 aliphatic rings. The van der Waals surface area contributed by atoms with E-state index in [1.165, 1.54) is 13.2 Å². The number of rotatable bonds is 6. The van der Waals surface area contributed by atoms with Crippen LogP contribution in [-0.4, -0.2) is 31.5 Å². The Morgan fingerprint density at radius 1 is 1.30 bits per heavy atom. The van der Waals surface area contributed by atoms with Crippen LogP contribution in [0, 0.1) is 0 Å². The first-order valence-electron chi connectivity index (χ1n) is 7.84. The molecule has 2 N–H and O–H groups in total. The number of benzene rings is 2. The third-order valence-corrected chi connectivity index (χ3v) is 3.84. The lowest BCUT2D eigenvalue weighted by atomic mass is 10.1. The van der Waals surface area contributed by atoms with Crippen molar-refractivity contribution in [2.75, 3.05) is 13.7 Å². The number of methoxy groups -OCH3 is 1. The van der Waals surface area contributed by atoms with Gasteiger partial charge in [0.25, 0.3) is 5.91 Å². The van der Waals surface area contributed by atoms with Crippen LogP contribution in [-0.2, 0) is 14.3 Å². The van der Waals surface area contributed by atoms with E-state index in [4.69, 9.17) is 31.5 Å². The number of nitrogens with zero attached hydrogens (tertiary/aromatic N) is 1. The maximum Gasteiger partial charge on any atom is 0.363 e. The molecule has 0 saturated carbocycles. The Hall–Kier alpha value is -3.32. The maximum atomic E-state index is 12.1. The van der Waals surface area contributed by atoms with Gasteiger partial charge in [0.15, 0.2) is 23.8 Å². The molecule has 0 saturated heterocycles. The molecule has 0 spiro atoms. The van der Waals surface area contributed by atoms with E-state index >= 15 is 0 Å². The van der Waals surface area contributed by atoms with E-state index in [1.54, 1.807) is 24.3 Å². The number of nitrogens with two attached hydrogens (primary N) is 1. The highest BCUT2D eigenvalue weighted by molar-refractivity contribution is 6.32. The van der Waals surface area contributed by atoms with Gasteiger partial charge in [-0.3, -0.25) is 4.79 Å². The van der Waals surface area contributed by atoms with Crippen molar-refractivity contribution in [3.63, 3.8) is 0 Å². The first-order valence-corrected chi connectivity index (χ1v) is 8.22. The van der Waals surface area contributed by atoms with Crippen LogP contribution < -0.4 is 15.2 Å². The maximum absolute atomic E-state index is 12.1. The van der Waals surface area contributed by atoms with Gasteiger partial charge in [0.2, 0.25) is 5.90 Å². The van der Waals surface area contributed by atoms with Crippen LogP contribution >= 0.6 is 11.6 Å². The topological polar surface area (TPSA) is 100 Å². The quantitative estimate of drug-likeness (QED) is 0.607. The molecule has 0 fully saturated rings. The van der Waals surface area contributed by atoms with E-state index in [1.807, 2.05) is 18.2 Å². The zero-order valence-corrected chi connectivity index (χ0v) is 15.0. The van der Waals surface area contributed by atoms with E-state index in [0.29, 0.717) is 11.1 Å². The molecule has 0 atom stereocenters. The van der Waals surface area contributed by atoms with Gasteiger partial charge in [-0.25, -0.2) is 9.79 Å². The van der Waals surface area contributed by atoms with Crippen molar-refractivity contribution in [2.24, 2.45) is 10.7 Å². The summed E-state index contributed by atoms with van der Waals surface area (Å²) in [6.07, 6.45) is 1.52. The average Bonchev–Trinajstić information content (AvgIpc) is 3.01. The van der Waals surface area contributed by atoms with Crippen LogP contribution in [0.25, 0.3) is 6.08 Å². The summed E-state index contributed by atoms with van der Waals surface area (Å²) in [4.78, 5) is 27.2. The Balaban J connectivity index is 1.92. The van der Waals surface area contributed by atoms with Crippen molar-refractivity contribution in [1.29, 1.82) is 0 Å². The number of cyclic esters (lactones) is 1. The first kappa shape index (κ1) is 18.5. The van der Waals surface area contributed by atoms with Gasteiger partial charge in [0.1, 0.15) is 0 Å². The standard InChI is InChI=1S/C19H15ClN2O5/c1-25-15-9-11(7-13(20)17(15)26-10-16(21)23)8-14-19(24)27-18(22-14)12-5-3-2-4-6-12/h2-9H,10H2,1H3,(H2,21,23). The number of amides is 1. The third-order valence-electron chi connectivity index (χ3n) is 3.56. The highest BCUT2D eigenvalue weighted by Gasteiger charge is 2.24. The van der Waals surface area contributed by atoms with Crippen molar-refractivity contribution in [2.45, 2.75) is 0 Å². The van der Waals surface area contributed by atoms with Gasteiger partial charge in [-0.05, 0) is 35.9 Å². The predicted octanol–water partition coefficient (Wildman–Crippen LogP) is 2.56.